The zero-order chi connectivity index (χ0) is 19.4. The van der Waals surface area contributed by atoms with Crippen LogP contribution in [-0.4, -0.2) is 40.2 Å². The Morgan fingerprint density at radius 1 is 1.15 bits per heavy atom. The van der Waals surface area contributed by atoms with Gasteiger partial charge in [0, 0.05) is 11.3 Å². The van der Waals surface area contributed by atoms with Crippen LogP contribution < -0.4 is 10.9 Å². The van der Waals surface area contributed by atoms with Gasteiger partial charge in [0.25, 0.3) is 5.56 Å². The average Bonchev–Trinajstić information content (AvgIpc) is 2.61. The molecule has 2 aromatic carbocycles. The first kappa shape index (κ1) is 18.5. The van der Waals surface area contributed by atoms with Crippen LogP contribution in [0.2, 0.25) is 0 Å². The minimum atomic E-state index is -0.221. The molecule has 27 heavy (non-hydrogen) atoms. The van der Waals surface area contributed by atoms with Crippen LogP contribution in [0.5, 0.6) is 0 Å². The number of aromatic amines is 1. The zero-order valence-corrected chi connectivity index (χ0v) is 15.2. The molecule has 0 aliphatic carbocycles. The van der Waals surface area contributed by atoms with Gasteiger partial charge in [-0.15, -0.1) is 0 Å². The second-order valence-electron chi connectivity index (χ2n) is 6.39. The SMILES string of the molecule is CC(=O)c1cccc(NC(=O)CN(C)Cc2nc3ccccc3c(=O)[nH]2)c1. The largest absolute Gasteiger partial charge is 0.325 e. The molecule has 0 spiro atoms. The molecule has 0 saturated carbocycles. The number of carbonyl (C=O) groups is 2. The van der Waals surface area contributed by atoms with Crippen molar-refractivity contribution in [3.05, 3.63) is 70.3 Å². The van der Waals surface area contributed by atoms with E-state index in [0.717, 1.165) is 0 Å². The number of fused-ring (bicyclic) bond motifs is 1. The Balaban J connectivity index is 1.64. The van der Waals surface area contributed by atoms with E-state index in [1.807, 2.05) is 6.07 Å². The third-order valence-corrected chi connectivity index (χ3v) is 4.05. The molecular formula is C20H20N4O3. The molecule has 138 valence electrons. The minimum Gasteiger partial charge on any atom is -0.325 e. The van der Waals surface area contributed by atoms with E-state index in [4.69, 9.17) is 0 Å². The van der Waals surface area contributed by atoms with Crippen LogP contribution in [0, 0.1) is 0 Å². The van der Waals surface area contributed by atoms with Crippen LogP contribution in [-0.2, 0) is 11.3 Å². The zero-order valence-electron chi connectivity index (χ0n) is 15.2. The molecule has 0 fully saturated rings. The standard InChI is InChI=1S/C20H20N4O3/c1-13(25)14-6-5-7-15(10-14)21-19(26)12-24(2)11-18-22-17-9-4-3-8-16(17)20(27)23-18/h3-10H,11-12H2,1-2H3,(H,21,26)(H,22,23,27). The fraction of sp³-hybridized carbons (Fsp3) is 0.200. The summed E-state index contributed by atoms with van der Waals surface area (Å²) in [7, 11) is 1.76. The molecule has 7 heteroatoms. The summed E-state index contributed by atoms with van der Waals surface area (Å²) < 4.78 is 0. The van der Waals surface area contributed by atoms with Gasteiger partial charge >= 0.3 is 0 Å². The van der Waals surface area contributed by atoms with Gasteiger partial charge in [0.2, 0.25) is 5.91 Å². The van der Waals surface area contributed by atoms with Gasteiger partial charge in [0.1, 0.15) is 5.82 Å². The van der Waals surface area contributed by atoms with Crippen molar-refractivity contribution in [1.29, 1.82) is 0 Å². The molecule has 0 aliphatic rings. The molecule has 1 aromatic heterocycles. The quantitative estimate of drug-likeness (QED) is 0.654. The fourth-order valence-electron chi connectivity index (χ4n) is 2.78. The Hall–Kier alpha value is -3.32. The number of aromatic nitrogens is 2. The number of para-hydroxylation sites is 1. The van der Waals surface area contributed by atoms with Gasteiger partial charge in [-0.05, 0) is 38.2 Å². The highest BCUT2D eigenvalue weighted by molar-refractivity contribution is 5.97. The molecule has 0 aliphatic heterocycles. The number of rotatable bonds is 6. The molecule has 2 N–H and O–H groups in total. The lowest BCUT2D eigenvalue weighted by molar-refractivity contribution is -0.117. The number of Topliss-reactive ketones (excluding diaryl/α,β-unsaturated/α-hetero) is 1. The third kappa shape index (κ3) is 4.65. The third-order valence-electron chi connectivity index (χ3n) is 4.05. The Morgan fingerprint density at radius 3 is 2.70 bits per heavy atom. The maximum atomic E-state index is 12.2. The summed E-state index contributed by atoms with van der Waals surface area (Å²) in [4.78, 5) is 44.7. The number of carbonyl (C=O) groups excluding carboxylic acids is 2. The summed E-state index contributed by atoms with van der Waals surface area (Å²) in [6, 6.07) is 13.9. The molecule has 0 bridgehead atoms. The molecule has 3 rings (SSSR count). The first-order valence-corrected chi connectivity index (χ1v) is 8.50. The Morgan fingerprint density at radius 2 is 1.93 bits per heavy atom. The van der Waals surface area contributed by atoms with Gasteiger partial charge in [0.05, 0.1) is 24.0 Å². The Kier molecular flexibility index (Phi) is 5.42. The van der Waals surface area contributed by atoms with E-state index in [0.29, 0.717) is 34.5 Å². The number of nitrogens with zero attached hydrogens (tertiary/aromatic N) is 2. The summed E-state index contributed by atoms with van der Waals surface area (Å²) in [5, 5.41) is 3.30. The summed E-state index contributed by atoms with van der Waals surface area (Å²) in [5.74, 6) is 0.212. The number of nitrogens with one attached hydrogen (secondary N) is 2. The van der Waals surface area contributed by atoms with Crippen LogP contribution in [0.1, 0.15) is 23.1 Å². The lowest BCUT2D eigenvalue weighted by Gasteiger charge is -2.16. The van der Waals surface area contributed by atoms with E-state index in [2.05, 4.69) is 15.3 Å². The van der Waals surface area contributed by atoms with Crippen LogP contribution in [0.3, 0.4) is 0 Å². The summed E-state index contributed by atoms with van der Waals surface area (Å²) >= 11 is 0. The van der Waals surface area contributed by atoms with Crippen molar-refractivity contribution in [2.75, 3.05) is 18.9 Å². The smallest absolute Gasteiger partial charge is 0.258 e. The van der Waals surface area contributed by atoms with Crippen molar-refractivity contribution < 1.29 is 9.59 Å². The number of benzene rings is 2. The number of anilines is 1. The van der Waals surface area contributed by atoms with Gasteiger partial charge in [-0.25, -0.2) is 4.98 Å². The molecule has 0 radical (unpaired) electrons. The van der Waals surface area contributed by atoms with Crippen molar-refractivity contribution in [3.63, 3.8) is 0 Å². The number of hydrogen-bond acceptors (Lipinski definition) is 5. The molecule has 0 atom stereocenters. The normalized spacial score (nSPS) is 10.9. The molecule has 3 aromatic rings. The summed E-state index contributed by atoms with van der Waals surface area (Å²) in [6.07, 6.45) is 0. The van der Waals surface area contributed by atoms with E-state index in [9.17, 15) is 14.4 Å². The summed E-state index contributed by atoms with van der Waals surface area (Å²) in [5.41, 5.74) is 1.53. The van der Waals surface area contributed by atoms with Crippen molar-refractivity contribution in [2.24, 2.45) is 0 Å². The van der Waals surface area contributed by atoms with Crippen molar-refractivity contribution in [3.8, 4) is 0 Å². The highest BCUT2D eigenvalue weighted by atomic mass is 16.2. The molecule has 0 saturated heterocycles. The number of ketones is 1. The average molecular weight is 364 g/mol. The maximum absolute atomic E-state index is 12.2. The second kappa shape index (κ2) is 7.92. The Bertz CT molecular complexity index is 1060. The molecule has 7 nitrogen and oxygen atoms in total. The van der Waals surface area contributed by atoms with Gasteiger partial charge in [-0.1, -0.05) is 24.3 Å². The molecule has 1 amide bonds. The lowest BCUT2D eigenvalue weighted by atomic mass is 10.1. The van der Waals surface area contributed by atoms with Crippen LogP contribution in [0.25, 0.3) is 10.9 Å². The highest BCUT2D eigenvalue weighted by Gasteiger charge is 2.11. The number of likely N-dealkylation sites (N-methyl/N-ethyl adjacent to an activating group) is 1. The van der Waals surface area contributed by atoms with Gasteiger partial charge < -0.3 is 10.3 Å². The van der Waals surface area contributed by atoms with Crippen molar-refractivity contribution in [2.45, 2.75) is 13.5 Å². The predicted molar refractivity (Wildman–Crippen MR) is 104 cm³/mol. The van der Waals surface area contributed by atoms with Gasteiger partial charge in [-0.3, -0.25) is 19.3 Å². The molecular weight excluding hydrogens is 344 g/mol. The summed E-state index contributed by atoms with van der Waals surface area (Å²) in [6.45, 7) is 1.91. The maximum Gasteiger partial charge on any atom is 0.258 e. The van der Waals surface area contributed by atoms with E-state index < -0.39 is 0 Å². The molecule has 0 unspecified atom stereocenters. The number of H-pyrrole nitrogens is 1. The van der Waals surface area contributed by atoms with E-state index in [1.54, 1.807) is 54.4 Å². The second-order valence-corrected chi connectivity index (χ2v) is 6.39. The van der Waals surface area contributed by atoms with Crippen molar-refractivity contribution in [1.82, 2.24) is 14.9 Å². The number of amides is 1. The van der Waals surface area contributed by atoms with Gasteiger partial charge in [0.15, 0.2) is 5.78 Å². The van der Waals surface area contributed by atoms with Crippen molar-refractivity contribution >= 4 is 28.3 Å². The van der Waals surface area contributed by atoms with E-state index >= 15 is 0 Å². The first-order chi connectivity index (χ1) is 12.9. The first-order valence-electron chi connectivity index (χ1n) is 8.50. The molecule has 1 heterocycles. The van der Waals surface area contributed by atoms with E-state index in [-0.39, 0.29) is 23.8 Å². The fourth-order valence-corrected chi connectivity index (χ4v) is 2.78. The Labute approximate surface area is 156 Å². The van der Waals surface area contributed by atoms with Gasteiger partial charge in [-0.2, -0.15) is 0 Å². The van der Waals surface area contributed by atoms with Crippen LogP contribution in [0.4, 0.5) is 5.69 Å². The highest BCUT2D eigenvalue weighted by Crippen LogP contribution is 2.11. The van der Waals surface area contributed by atoms with E-state index in [1.165, 1.54) is 6.92 Å². The van der Waals surface area contributed by atoms with Crippen LogP contribution >= 0.6 is 0 Å². The number of hydrogen-bond donors (Lipinski definition) is 2. The lowest BCUT2D eigenvalue weighted by Crippen LogP contribution is -2.31. The van der Waals surface area contributed by atoms with Crippen LogP contribution in [0.15, 0.2) is 53.3 Å². The monoisotopic (exact) mass is 364 g/mol. The topological polar surface area (TPSA) is 95.2 Å². The minimum absolute atomic E-state index is 0.0606. The predicted octanol–water partition coefficient (Wildman–Crippen LogP) is 2.20.